The molecule has 2 fully saturated rings. The van der Waals surface area contributed by atoms with E-state index in [1.54, 1.807) is 0 Å². The first-order valence-corrected chi connectivity index (χ1v) is 11.9. The van der Waals surface area contributed by atoms with E-state index in [0.717, 1.165) is 55.3 Å². The molecule has 2 aromatic heterocycles. The number of nitrogens with zero attached hydrogens (tertiary/aromatic N) is 5. The summed E-state index contributed by atoms with van der Waals surface area (Å²) < 4.78 is 2.07. The monoisotopic (exact) mass is 432 g/mol. The number of fused-ring (bicyclic) bond motifs is 1. The van der Waals surface area contributed by atoms with Crippen LogP contribution in [0.2, 0.25) is 0 Å². The first-order chi connectivity index (χ1) is 15.7. The molecule has 0 aliphatic carbocycles. The summed E-state index contributed by atoms with van der Waals surface area (Å²) in [7, 11) is 0. The largest absolute Gasteiger partial charge is 0.372 e. The van der Waals surface area contributed by atoms with Gasteiger partial charge in [0.1, 0.15) is 0 Å². The van der Waals surface area contributed by atoms with E-state index in [1.165, 1.54) is 24.9 Å². The summed E-state index contributed by atoms with van der Waals surface area (Å²) in [4.78, 5) is 17.6. The zero-order chi connectivity index (χ0) is 21.9. The van der Waals surface area contributed by atoms with Crippen LogP contribution in [0.5, 0.6) is 0 Å². The lowest BCUT2D eigenvalue weighted by molar-refractivity contribution is -0.125. The number of carbonyl (C=O) groups excluding carboxylic acids is 1. The second-order valence-corrected chi connectivity index (χ2v) is 9.08. The van der Waals surface area contributed by atoms with Gasteiger partial charge in [-0.1, -0.05) is 18.2 Å². The van der Waals surface area contributed by atoms with Crippen molar-refractivity contribution < 1.29 is 4.79 Å². The molecule has 168 valence electrons. The van der Waals surface area contributed by atoms with Gasteiger partial charge < -0.3 is 15.1 Å². The SMILES string of the molecule is Cc1cccc2nnc(N3CCC[C@H](C(=O)NCc4ccc(N5CCCCC5)cc4)C3)n12. The molecule has 0 spiro atoms. The second-order valence-electron chi connectivity index (χ2n) is 9.08. The van der Waals surface area contributed by atoms with Crippen LogP contribution in [0.15, 0.2) is 42.5 Å². The van der Waals surface area contributed by atoms with Gasteiger partial charge in [-0.25, -0.2) is 0 Å². The number of nitrogens with one attached hydrogen (secondary N) is 1. The van der Waals surface area contributed by atoms with Crippen molar-refractivity contribution in [1.82, 2.24) is 19.9 Å². The van der Waals surface area contributed by atoms with E-state index in [4.69, 9.17) is 0 Å². The van der Waals surface area contributed by atoms with E-state index in [9.17, 15) is 4.79 Å². The average molecular weight is 433 g/mol. The highest BCUT2D eigenvalue weighted by Crippen LogP contribution is 2.24. The van der Waals surface area contributed by atoms with Crippen LogP contribution >= 0.6 is 0 Å². The number of carbonyl (C=O) groups is 1. The maximum absolute atomic E-state index is 12.9. The molecule has 1 atom stereocenters. The van der Waals surface area contributed by atoms with Gasteiger partial charge >= 0.3 is 0 Å². The Hall–Kier alpha value is -3.09. The average Bonchev–Trinajstić information content (AvgIpc) is 3.29. The fourth-order valence-corrected chi connectivity index (χ4v) is 4.97. The van der Waals surface area contributed by atoms with Crippen LogP contribution in [-0.2, 0) is 11.3 Å². The van der Waals surface area contributed by atoms with E-state index >= 15 is 0 Å². The molecule has 5 rings (SSSR count). The van der Waals surface area contributed by atoms with Gasteiger partial charge in [0.15, 0.2) is 5.65 Å². The summed E-state index contributed by atoms with van der Waals surface area (Å²) in [5.41, 5.74) is 4.38. The number of aromatic nitrogens is 3. The molecule has 2 aliphatic rings. The van der Waals surface area contributed by atoms with Crippen molar-refractivity contribution in [3.8, 4) is 0 Å². The molecule has 0 bridgehead atoms. The Balaban J connectivity index is 1.19. The summed E-state index contributed by atoms with van der Waals surface area (Å²) >= 11 is 0. The van der Waals surface area contributed by atoms with Crippen LogP contribution in [0.25, 0.3) is 5.65 Å². The van der Waals surface area contributed by atoms with Gasteiger partial charge in [0.2, 0.25) is 11.9 Å². The molecule has 0 radical (unpaired) electrons. The topological polar surface area (TPSA) is 65.8 Å². The molecule has 1 amide bonds. The van der Waals surface area contributed by atoms with Crippen molar-refractivity contribution in [3.05, 3.63) is 53.7 Å². The molecule has 2 saturated heterocycles. The molecule has 7 nitrogen and oxygen atoms in total. The summed E-state index contributed by atoms with van der Waals surface area (Å²) in [5.74, 6) is 0.928. The summed E-state index contributed by atoms with van der Waals surface area (Å²) in [5, 5.41) is 11.9. The van der Waals surface area contributed by atoms with E-state index in [-0.39, 0.29) is 11.8 Å². The molecule has 1 aromatic carbocycles. The van der Waals surface area contributed by atoms with Crippen molar-refractivity contribution >= 4 is 23.2 Å². The lowest BCUT2D eigenvalue weighted by atomic mass is 9.97. The Kier molecular flexibility index (Phi) is 5.97. The third kappa shape index (κ3) is 4.29. The molecule has 2 aliphatic heterocycles. The van der Waals surface area contributed by atoms with Crippen LogP contribution in [0.1, 0.15) is 43.4 Å². The van der Waals surface area contributed by atoms with E-state index in [1.807, 2.05) is 12.1 Å². The van der Waals surface area contributed by atoms with Gasteiger partial charge in [-0.15, -0.1) is 10.2 Å². The Morgan fingerprint density at radius 2 is 1.75 bits per heavy atom. The fourth-order valence-electron chi connectivity index (χ4n) is 4.97. The lowest BCUT2D eigenvalue weighted by Crippen LogP contribution is -2.43. The maximum Gasteiger partial charge on any atom is 0.231 e. The molecule has 0 saturated carbocycles. The second kappa shape index (κ2) is 9.18. The van der Waals surface area contributed by atoms with Gasteiger partial charge in [-0.2, -0.15) is 0 Å². The normalized spacial score (nSPS) is 19.3. The molecular weight excluding hydrogens is 400 g/mol. The molecule has 32 heavy (non-hydrogen) atoms. The van der Waals surface area contributed by atoms with Gasteiger partial charge in [-0.3, -0.25) is 9.20 Å². The zero-order valence-electron chi connectivity index (χ0n) is 18.8. The number of anilines is 2. The van der Waals surface area contributed by atoms with E-state index in [2.05, 4.69) is 67.0 Å². The lowest BCUT2D eigenvalue weighted by Gasteiger charge is -2.32. The standard InChI is InChI=1S/C25H32N6O/c1-19-7-5-9-23-27-28-25(31(19)23)30-16-6-8-21(18-30)24(32)26-17-20-10-12-22(13-11-20)29-14-3-2-4-15-29/h5,7,9-13,21H,2-4,6,8,14-18H2,1H3,(H,26,32)/t21-/m0/s1. The maximum atomic E-state index is 12.9. The Labute approximate surface area is 189 Å². The summed E-state index contributed by atoms with van der Waals surface area (Å²) in [6, 6.07) is 14.7. The van der Waals surface area contributed by atoms with E-state index in [0.29, 0.717) is 13.1 Å². The van der Waals surface area contributed by atoms with E-state index < -0.39 is 0 Å². The third-order valence-electron chi connectivity index (χ3n) is 6.81. The molecule has 4 heterocycles. The van der Waals surface area contributed by atoms with Gasteiger partial charge in [0.25, 0.3) is 0 Å². The minimum atomic E-state index is -0.0345. The first-order valence-electron chi connectivity index (χ1n) is 11.9. The van der Waals surface area contributed by atoms with Gasteiger partial charge in [-0.05, 0) is 68.9 Å². The van der Waals surface area contributed by atoms with Crippen molar-refractivity contribution in [2.45, 2.75) is 45.6 Å². The predicted octanol–water partition coefficient (Wildman–Crippen LogP) is 3.56. The molecular formula is C25H32N6O. The third-order valence-corrected chi connectivity index (χ3v) is 6.81. The highest BCUT2D eigenvalue weighted by molar-refractivity contribution is 5.79. The van der Waals surface area contributed by atoms with Crippen LogP contribution in [-0.4, -0.2) is 46.7 Å². The number of aryl methyl sites for hydroxylation is 1. The number of pyridine rings is 1. The highest BCUT2D eigenvalue weighted by atomic mass is 16.1. The summed E-state index contributed by atoms with van der Waals surface area (Å²) in [6.45, 7) is 6.50. The molecule has 7 heteroatoms. The zero-order valence-corrected chi connectivity index (χ0v) is 18.8. The van der Waals surface area contributed by atoms with Crippen LogP contribution in [0, 0.1) is 12.8 Å². The van der Waals surface area contributed by atoms with Crippen LogP contribution in [0.3, 0.4) is 0 Å². The minimum Gasteiger partial charge on any atom is -0.372 e. The number of benzene rings is 1. The van der Waals surface area contributed by atoms with Crippen LogP contribution in [0.4, 0.5) is 11.6 Å². The number of hydrogen-bond acceptors (Lipinski definition) is 5. The molecule has 1 N–H and O–H groups in total. The predicted molar refractivity (Wildman–Crippen MR) is 127 cm³/mol. The molecule has 0 unspecified atom stereocenters. The van der Waals surface area contributed by atoms with Crippen molar-refractivity contribution in [2.24, 2.45) is 5.92 Å². The van der Waals surface area contributed by atoms with Gasteiger partial charge in [0, 0.05) is 44.1 Å². The van der Waals surface area contributed by atoms with Crippen molar-refractivity contribution in [3.63, 3.8) is 0 Å². The number of rotatable bonds is 5. The van der Waals surface area contributed by atoms with Crippen LogP contribution < -0.4 is 15.1 Å². The Morgan fingerprint density at radius 3 is 2.56 bits per heavy atom. The number of amides is 1. The number of piperidine rings is 2. The smallest absolute Gasteiger partial charge is 0.231 e. The van der Waals surface area contributed by atoms with Gasteiger partial charge in [0.05, 0.1) is 5.92 Å². The highest BCUT2D eigenvalue weighted by Gasteiger charge is 2.28. The number of hydrogen-bond donors (Lipinski definition) is 1. The Morgan fingerprint density at radius 1 is 0.969 bits per heavy atom. The van der Waals surface area contributed by atoms with Crippen molar-refractivity contribution in [2.75, 3.05) is 36.0 Å². The first kappa shape index (κ1) is 20.8. The Bertz CT molecular complexity index is 1070. The summed E-state index contributed by atoms with van der Waals surface area (Å²) in [6.07, 6.45) is 5.78. The fraction of sp³-hybridized carbons (Fsp3) is 0.480. The quantitative estimate of drug-likeness (QED) is 0.668. The van der Waals surface area contributed by atoms with Crippen molar-refractivity contribution in [1.29, 1.82) is 0 Å². The molecule has 3 aromatic rings. The minimum absolute atomic E-state index is 0.0345.